The fourth-order valence-corrected chi connectivity index (χ4v) is 2.60. The minimum absolute atomic E-state index is 0.0115. The molecule has 1 heterocycles. The van der Waals surface area contributed by atoms with E-state index in [1.165, 1.54) is 10.5 Å². The Hall–Kier alpha value is -2.48. The summed E-state index contributed by atoms with van der Waals surface area (Å²) in [4.78, 5) is 26.0. The number of amides is 2. The molecule has 2 amide bonds. The minimum Gasteiger partial charge on any atom is -0.480 e. The van der Waals surface area contributed by atoms with Gasteiger partial charge < -0.3 is 14.9 Å². The zero-order valence-electron chi connectivity index (χ0n) is 11.7. The first kappa shape index (κ1) is 14.9. The molecule has 0 spiro atoms. The first-order valence-electron chi connectivity index (χ1n) is 6.86. The fourth-order valence-electron chi connectivity index (χ4n) is 2.60. The summed E-state index contributed by atoms with van der Waals surface area (Å²) in [6.45, 7) is 0.871. The van der Waals surface area contributed by atoms with Gasteiger partial charge in [-0.3, -0.25) is 4.79 Å². The lowest BCUT2D eigenvalue weighted by molar-refractivity contribution is -0.137. The molecule has 1 saturated heterocycles. The quantitative estimate of drug-likeness (QED) is 0.856. The van der Waals surface area contributed by atoms with E-state index in [0.717, 1.165) is 6.42 Å². The Balaban J connectivity index is 2.01. The van der Waals surface area contributed by atoms with Crippen LogP contribution in [0.15, 0.2) is 30.3 Å². The minimum atomic E-state index is -1.06. The van der Waals surface area contributed by atoms with E-state index in [9.17, 15) is 9.59 Å². The zero-order chi connectivity index (χ0) is 15.2. The summed E-state index contributed by atoms with van der Waals surface area (Å²) in [5.74, 6) is 1.58. The molecule has 1 unspecified atom stereocenters. The second kappa shape index (κ2) is 6.80. The third-order valence-electron chi connectivity index (χ3n) is 3.61. The Bertz CT molecular complexity index is 550. The number of nitrogens with zero attached hydrogens (tertiary/aromatic N) is 2. The number of hydrogen-bond acceptors (Lipinski definition) is 2. The predicted octanol–water partition coefficient (Wildman–Crippen LogP) is 1.62. The molecule has 0 aliphatic carbocycles. The van der Waals surface area contributed by atoms with Crippen LogP contribution in [0.5, 0.6) is 0 Å². The van der Waals surface area contributed by atoms with Crippen LogP contribution >= 0.6 is 0 Å². The van der Waals surface area contributed by atoms with Gasteiger partial charge in [-0.05, 0) is 12.0 Å². The smallest absolute Gasteiger partial charge is 0.323 e. The van der Waals surface area contributed by atoms with Gasteiger partial charge in [0.15, 0.2) is 0 Å². The number of carbonyl (C=O) groups is 2. The van der Waals surface area contributed by atoms with Crippen LogP contribution in [-0.2, 0) is 4.79 Å². The highest BCUT2D eigenvalue weighted by molar-refractivity contribution is 5.80. The molecule has 21 heavy (non-hydrogen) atoms. The monoisotopic (exact) mass is 286 g/mol. The van der Waals surface area contributed by atoms with Gasteiger partial charge in [-0.1, -0.05) is 36.3 Å². The molecule has 110 valence electrons. The standard InChI is InChI=1S/C16H18N2O3/c1-2-9-17(12-15(19)20)16(21)18-10-8-14(11-18)13-6-4-3-5-7-13/h1,3-7,14H,8-12H2,(H,19,20). The van der Waals surface area contributed by atoms with E-state index in [2.05, 4.69) is 18.1 Å². The summed E-state index contributed by atoms with van der Waals surface area (Å²) < 4.78 is 0. The maximum atomic E-state index is 12.3. The zero-order valence-corrected chi connectivity index (χ0v) is 11.7. The van der Waals surface area contributed by atoms with Gasteiger partial charge in [0.25, 0.3) is 0 Å². The van der Waals surface area contributed by atoms with Crippen LogP contribution in [0.25, 0.3) is 0 Å². The van der Waals surface area contributed by atoms with Crippen molar-refractivity contribution in [2.75, 3.05) is 26.2 Å². The normalized spacial score (nSPS) is 17.3. The topological polar surface area (TPSA) is 60.9 Å². The van der Waals surface area contributed by atoms with Gasteiger partial charge in [0.2, 0.25) is 0 Å². The predicted molar refractivity (Wildman–Crippen MR) is 78.8 cm³/mol. The molecular weight excluding hydrogens is 268 g/mol. The molecule has 1 aromatic rings. The number of urea groups is 1. The van der Waals surface area contributed by atoms with Crippen LogP contribution in [-0.4, -0.2) is 53.1 Å². The molecule has 1 N–H and O–H groups in total. The van der Waals surface area contributed by atoms with Crippen molar-refractivity contribution in [3.8, 4) is 12.3 Å². The average Bonchev–Trinajstić information content (AvgIpc) is 2.96. The van der Waals surface area contributed by atoms with Crippen LogP contribution in [0, 0.1) is 12.3 Å². The van der Waals surface area contributed by atoms with Crippen LogP contribution in [0.2, 0.25) is 0 Å². The van der Waals surface area contributed by atoms with E-state index >= 15 is 0 Å². The highest BCUT2D eigenvalue weighted by Crippen LogP contribution is 2.27. The lowest BCUT2D eigenvalue weighted by Gasteiger charge is -2.25. The first-order chi connectivity index (χ1) is 10.1. The van der Waals surface area contributed by atoms with Crippen molar-refractivity contribution in [2.24, 2.45) is 0 Å². The molecule has 1 aliphatic heterocycles. The third kappa shape index (κ3) is 3.76. The second-order valence-corrected chi connectivity index (χ2v) is 5.08. The number of aliphatic carboxylic acids is 1. The van der Waals surface area contributed by atoms with Gasteiger partial charge in [-0.15, -0.1) is 6.42 Å². The molecule has 1 atom stereocenters. The summed E-state index contributed by atoms with van der Waals surface area (Å²) in [5, 5.41) is 8.85. The molecule has 0 radical (unpaired) electrons. The van der Waals surface area contributed by atoms with Crippen molar-refractivity contribution in [3.05, 3.63) is 35.9 Å². The number of terminal acetylenes is 1. The van der Waals surface area contributed by atoms with Gasteiger partial charge in [0, 0.05) is 19.0 Å². The van der Waals surface area contributed by atoms with Crippen molar-refractivity contribution < 1.29 is 14.7 Å². The van der Waals surface area contributed by atoms with Crippen molar-refractivity contribution in [1.29, 1.82) is 0 Å². The van der Waals surface area contributed by atoms with E-state index in [1.54, 1.807) is 4.90 Å². The Morgan fingerprint density at radius 1 is 1.38 bits per heavy atom. The van der Waals surface area contributed by atoms with Crippen LogP contribution in [0.4, 0.5) is 4.79 Å². The Labute approximate surface area is 124 Å². The van der Waals surface area contributed by atoms with Crippen LogP contribution in [0.1, 0.15) is 17.9 Å². The molecule has 0 aromatic heterocycles. The Kier molecular flexibility index (Phi) is 4.83. The Morgan fingerprint density at radius 3 is 2.71 bits per heavy atom. The number of likely N-dealkylation sites (tertiary alicyclic amines) is 1. The van der Waals surface area contributed by atoms with Gasteiger partial charge in [0.05, 0.1) is 6.54 Å². The molecular formula is C16H18N2O3. The molecule has 1 fully saturated rings. The largest absolute Gasteiger partial charge is 0.480 e. The molecule has 1 aliphatic rings. The number of hydrogen-bond donors (Lipinski definition) is 1. The number of carboxylic acid groups (broad SMARTS) is 1. The lowest BCUT2D eigenvalue weighted by Crippen LogP contribution is -2.44. The van der Waals surface area contributed by atoms with Crippen LogP contribution < -0.4 is 0 Å². The Morgan fingerprint density at radius 2 is 2.10 bits per heavy atom. The van der Waals surface area contributed by atoms with E-state index in [4.69, 9.17) is 11.5 Å². The highest BCUT2D eigenvalue weighted by atomic mass is 16.4. The van der Waals surface area contributed by atoms with Crippen molar-refractivity contribution in [1.82, 2.24) is 9.80 Å². The highest BCUT2D eigenvalue weighted by Gasteiger charge is 2.30. The van der Waals surface area contributed by atoms with Gasteiger partial charge in [0.1, 0.15) is 6.54 Å². The third-order valence-corrected chi connectivity index (χ3v) is 3.61. The molecule has 2 rings (SSSR count). The van der Waals surface area contributed by atoms with E-state index < -0.39 is 5.97 Å². The first-order valence-corrected chi connectivity index (χ1v) is 6.86. The van der Waals surface area contributed by atoms with E-state index in [1.807, 2.05) is 18.2 Å². The van der Waals surface area contributed by atoms with Gasteiger partial charge >= 0.3 is 12.0 Å². The summed E-state index contributed by atoms with van der Waals surface area (Å²) in [6, 6.07) is 9.73. The van der Waals surface area contributed by atoms with E-state index in [0.29, 0.717) is 19.0 Å². The van der Waals surface area contributed by atoms with Crippen molar-refractivity contribution in [3.63, 3.8) is 0 Å². The summed E-state index contributed by atoms with van der Waals surface area (Å²) in [5.41, 5.74) is 1.20. The fraction of sp³-hybridized carbons (Fsp3) is 0.375. The average molecular weight is 286 g/mol. The number of rotatable bonds is 4. The van der Waals surface area contributed by atoms with Gasteiger partial charge in [-0.2, -0.15) is 0 Å². The maximum Gasteiger partial charge on any atom is 0.323 e. The summed E-state index contributed by atoms with van der Waals surface area (Å²) >= 11 is 0. The number of benzene rings is 1. The molecule has 0 saturated carbocycles. The lowest BCUT2D eigenvalue weighted by atomic mass is 9.99. The summed E-state index contributed by atoms with van der Waals surface area (Å²) in [7, 11) is 0. The number of carbonyl (C=O) groups excluding carboxylic acids is 1. The maximum absolute atomic E-state index is 12.3. The van der Waals surface area contributed by atoms with Crippen LogP contribution in [0.3, 0.4) is 0 Å². The molecule has 5 nitrogen and oxygen atoms in total. The molecule has 0 bridgehead atoms. The second-order valence-electron chi connectivity index (χ2n) is 5.08. The summed E-state index contributed by atoms with van der Waals surface area (Å²) in [6.07, 6.45) is 6.09. The number of carboxylic acids is 1. The molecule has 5 heteroatoms. The van der Waals surface area contributed by atoms with Gasteiger partial charge in [-0.25, -0.2) is 4.79 Å². The van der Waals surface area contributed by atoms with Crippen molar-refractivity contribution >= 4 is 12.0 Å². The SMILES string of the molecule is C#CCN(CC(=O)O)C(=O)N1CCC(c2ccccc2)C1. The van der Waals surface area contributed by atoms with E-state index in [-0.39, 0.29) is 19.1 Å². The molecule has 1 aromatic carbocycles. The van der Waals surface area contributed by atoms with Crippen molar-refractivity contribution in [2.45, 2.75) is 12.3 Å².